The summed E-state index contributed by atoms with van der Waals surface area (Å²) in [4.78, 5) is 11.9. The van der Waals surface area contributed by atoms with Crippen LogP contribution < -0.4 is 20.1 Å². The minimum absolute atomic E-state index is 0.0178. The fourth-order valence-electron chi connectivity index (χ4n) is 2.26. The van der Waals surface area contributed by atoms with Gasteiger partial charge in [-0.2, -0.15) is 0 Å². The van der Waals surface area contributed by atoms with E-state index in [0.717, 1.165) is 30.8 Å². The van der Waals surface area contributed by atoms with Crippen LogP contribution in [0.2, 0.25) is 0 Å². The Morgan fingerprint density at radius 1 is 1.28 bits per heavy atom. The van der Waals surface area contributed by atoms with Crippen molar-refractivity contribution in [1.29, 1.82) is 0 Å². The van der Waals surface area contributed by atoms with Gasteiger partial charge in [-0.15, -0.1) is 0 Å². The Bertz CT molecular complexity index is 456. The second-order valence-electron chi connectivity index (χ2n) is 4.50. The summed E-state index contributed by atoms with van der Waals surface area (Å²) in [5.74, 6) is 1.45. The van der Waals surface area contributed by atoms with Crippen LogP contribution in [0.25, 0.3) is 0 Å². The number of carbonyl (C=O) groups is 1. The Hall–Kier alpha value is -1.75. The Labute approximate surface area is 105 Å². The first-order valence-corrected chi connectivity index (χ1v) is 6.27. The summed E-state index contributed by atoms with van der Waals surface area (Å²) in [7, 11) is 0. The molecule has 1 unspecified atom stereocenters. The number of fused-ring (bicyclic) bond motifs is 1. The minimum Gasteiger partial charge on any atom is -0.486 e. The number of hydrogen-bond acceptors (Lipinski definition) is 4. The van der Waals surface area contributed by atoms with Gasteiger partial charge in [0.2, 0.25) is 5.91 Å². The topological polar surface area (TPSA) is 59.6 Å². The maximum absolute atomic E-state index is 11.9. The van der Waals surface area contributed by atoms with Gasteiger partial charge in [0.15, 0.2) is 11.5 Å². The predicted molar refractivity (Wildman–Crippen MR) is 67.1 cm³/mol. The lowest BCUT2D eigenvalue weighted by atomic mass is 10.2. The van der Waals surface area contributed by atoms with E-state index >= 15 is 0 Å². The molecule has 1 aromatic carbocycles. The number of amides is 1. The average Bonchev–Trinajstić information content (AvgIpc) is 2.92. The van der Waals surface area contributed by atoms with Gasteiger partial charge in [-0.25, -0.2) is 0 Å². The molecule has 1 aromatic rings. The van der Waals surface area contributed by atoms with Gasteiger partial charge in [0.1, 0.15) is 13.2 Å². The van der Waals surface area contributed by atoms with Crippen LogP contribution in [0, 0.1) is 0 Å². The van der Waals surface area contributed by atoms with Gasteiger partial charge in [-0.05, 0) is 31.5 Å². The first-order valence-electron chi connectivity index (χ1n) is 6.27. The number of anilines is 1. The molecule has 0 aliphatic carbocycles. The van der Waals surface area contributed by atoms with Crippen molar-refractivity contribution in [2.45, 2.75) is 18.9 Å². The van der Waals surface area contributed by atoms with Crippen LogP contribution in [0.15, 0.2) is 18.2 Å². The lowest BCUT2D eigenvalue weighted by molar-refractivity contribution is -0.117. The number of ether oxygens (including phenoxy) is 2. The van der Waals surface area contributed by atoms with Gasteiger partial charge in [0, 0.05) is 11.8 Å². The van der Waals surface area contributed by atoms with E-state index in [2.05, 4.69) is 10.6 Å². The predicted octanol–water partition coefficient (Wildman–Crippen LogP) is 1.15. The molecule has 96 valence electrons. The molecule has 5 heteroatoms. The molecular formula is C13H16N2O3. The largest absolute Gasteiger partial charge is 0.486 e. The van der Waals surface area contributed by atoms with Crippen molar-refractivity contribution in [2.75, 3.05) is 25.1 Å². The second-order valence-corrected chi connectivity index (χ2v) is 4.50. The van der Waals surface area contributed by atoms with Crippen LogP contribution in [0.5, 0.6) is 11.5 Å². The van der Waals surface area contributed by atoms with Crippen molar-refractivity contribution >= 4 is 11.6 Å². The summed E-state index contributed by atoms with van der Waals surface area (Å²) >= 11 is 0. The molecule has 3 rings (SSSR count). The van der Waals surface area contributed by atoms with Crippen LogP contribution in [-0.2, 0) is 4.79 Å². The molecule has 2 aliphatic heterocycles. The minimum atomic E-state index is -0.0711. The van der Waals surface area contributed by atoms with Gasteiger partial charge in [-0.1, -0.05) is 0 Å². The van der Waals surface area contributed by atoms with E-state index in [4.69, 9.17) is 9.47 Å². The van der Waals surface area contributed by atoms with Gasteiger partial charge >= 0.3 is 0 Å². The van der Waals surface area contributed by atoms with Crippen molar-refractivity contribution in [3.8, 4) is 11.5 Å². The van der Waals surface area contributed by atoms with Gasteiger partial charge < -0.3 is 20.1 Å². The first kappa shape index (κ1) is 11.3. The smallest absolute Gasteiger partial charge is 0.241 e. The third kappa shape index (κ3) is 2.26. The number of carbonyl (C=O) groups excluding carboxylic acids is 1. The molecule has 5 nitrogen and oxygen atoms in total. The summed E-state index contributed by atoms with van der Waals surface area (Å²) in [6, 6.07) is 5.40. The van der Waals surface area contributed by atoms with E-state index in [9.17, 15) is 4.79 Å². The number of hydrogen-bond donors (Lipinski definition) is 2. The molecule has 1 fully saturated rings. The van der Waals surface area contributed by atoms with Gasteiger partial charge in [-0.3, -0.25) is 4.79 Å². The van der Waals surface area contributed by atoms with Crippen molar-refractivity contribution in [2.24, 2.45) is 0 Å². The summed E-state index contributed by atoms with van der Waals surface area (Å²) in [5, 5.41) is 6.07. The molecule has 2 N–H and O–H groups in total. The molecule has 18 heavy (non-hydrogen) atoms. The van der Waals surface area contributed by atoms with E-state index in [1.165, 1.54) is 0 Å². The van der Waals surface area contributed by atoms with E-state index in [1.807, 2.05) is 12.1 Å². The van der Waals surface area contributed by atoms with Crippen molar-refractivity contribution in [3.05, 3.63) is 18.2 Å². The number of nitrogens with one attached hydrogen (secondary N) is 2. The molecule has 1 amide bonds. The molecule has 1 atom stereocenters. The maximum atomic E-state index is 11.9. The molecular weight excluding hydrogens is 232 g/mol. The molecule has 0 saturated carbocycles. The van der Waals surface area contributed by atoms with Crippen LogP contribution in [0.4, 0.5) is 5.69 Å². The van der Waals surface area contributed by atoms with E-state index in [1.54, 1.807) is 6.07 Å². The van der Waals surface area contributed by atoms with Gasteiger partial charge in [0.05, 0.1) is 6.04 Å². The third-order valence-electron chi connectivity index (χ3n) is 3.19. The number of benzene rings is 1. The van der Waals surface area contributed by atoms with Crippen LogP contribution in [0.1, 0.15) is 12.8 Å². The lowest BCUT2D eigenvalue weighted by Gasteiger charge is -2.19. The van der Waals surface area contributed by atoms with E-state index in [0.29, 0.717) is 19.0 Å². The van der Waals surface area contributed by atoms with Crippen molar-refractivity contribution in [3.63, 3.8) is 0 Å². The highest BCUT2D eigenvalue weighted by molar-refractivity contribution is 5.95. The number of rotatable bonds is 2. The second kappa shape index (κ2) is 4.86. The van der Waals surface area contributed by atoms with Crippen LogP contribution in [-0.4, -0.2) is 31.7 Å². The lowest BCUT2D eigenvalue weighted by Crippen LogP contribution is -2.35. The van der Waals surface area contributed by atoms with Crippen molar-refractivity contribution < 1.29 is 14.3 Å². The zero-order valence-corrected chi connectivity index (χ0v) is 10.1. The average molecular weight is 248 g/mol. The molecule has 0 spiro atoms. The summed E-state index contributed by atoms with van der Waals surface area (Å²) in [6.07, 6.45) is 1.95. The Morgan fingerprint density at radius 2 is 2.11 bits per heavy atom. The normalized spacial score (nSPS) is 21.7. The summed E-state index contributed by atoms with van der Waals surface area (Å²) < 4.78 is 10.9. The van der Waals surface area contributed by atoms with Crippen LogP contribution >= 0.6 is 0 Å². The SMILES string of the molecule is O=C(Nc1ccc2c(c1)OCCO2)C1CCCN1. The Balaban J connectivity index is 1.70. The van der Waals surface area contributed by atoms with Gasteiger partial charge in [0.25, 0.3) is 0 Å². The fourth-order valence-corrected chi connectivity index (χ4v) is 2.26. The summed E-state index contributed by atoms with van der Waals surface area (Å²) in [6.45, 7) is 2.04. The van der Waals surface area contributed by atoms with E-state index in [-0.39, 0.29) is 11.9 Å². The quantitative estimate of drug-likeness (QED) is 0.824. The Kier molecular flexibility index (Phi) is 3.06. The zero-order chi connectivity index (χ0) is 12.4. The highest BCUT2D eigenvalue weighted by atomic mass is 16.6. The fraction of sp³-hybridized carbons (Fsp3) is 0.462. The molecule has 2 aliphatic rings. The summed E-state index contributed by atoms with van der Waals surface area (Å²) in [5.41, 5.74) is 0.748. The first-order chi connectivity index (χ1) is 8.83. The molecule has 1 saturated heterocycles. The maximum Gasteiger partial charge on any atom is 0.241 e. The molecule has 0 bridgehead atoms. The highest BCUT2D eigenvalue weighted by Gasteiger charge is 2.22. The van der Waals surface area contributed by atoms with Crippen LogP contribution in [0.3, 0.4) is 0 Å². The molecule has 2 heterocycles. The third-order valence-corrected chi connectivity index (χ3v) is 3.19. The Morgan fingerprint density at radius 3 is 2.89 bits per heavy atom. The monoisotopic (exact) mass is 248 g/mol. The highest BCUT2D eigenvalue weighted by Crippen LogP contribution is 2.32. The standard InChI is InChI=1S/C13H16N2O3/c16-13(10-2-1-5-14-10)15-9-3-4-11-12(8-9)18-7-6-17-11/h3-4,8,10,14H,1-2,5-7H2,(H,15,16). The molecule has 0 radical (unpaired) electrons. The molecule has 0 aromatic heterocycles. The zero-order valence-electron chi connectivity index (χ0n) is 10.1. The van der Waals surface area contributed by atoms with E-state index < -0.39 is 0 Å². The van der Waals surface area contributed by atoms with Crippen molar-refractivity contribution in [1.82, 2.24) is 5.32 Å².